The molecule has 1 heterocycles. The minimum atomic E-state index is -3.71. The van der Waals surface area contributed by atoms with Gasteiger partial charge in [0.2, 0.25) is 0 Å². The molecule has 0 aliphatic heterocycles. The van der Waals surface area contributed by atoms with E-state index in [0.29, 0.717) is 0 Å². The van der Waals surface area contributed by atoms with Gasteiger partial charge in [0.1, 0.15) is 6.54 Å². The van der Waals surface area contributed by atoms with Gasteiger partial charge in [0.15, 0.2) is 5.03 Å². The Labute approximate surface area is 132 Å². The zero-order valence-corrected chi connectivity index (χ0v) is 14.1. The third-order valence-corrected chi connectivity index (χ3v) is 5.99. The second-order valence-electron chi connectivity index (χ2n) is 6.11. The highest BCUT2D eigenvalue weighted by molar-refractivity contribution is 7.89. The first-order chi connectivity index (χ1) is 10.5. The Morgan fingerprint density at radius 3 is 2.50 bits per heavy atom. The lowest BCUT2D eigenvalue weighted by Crippen LogP contribution is -2.40. The molecule has 0 radical (unpaired) electrons. The van der Waals surface area contributed by atoms with Crippen LogP contribution in [0.15, 0.2) is 17.6 Å². The number of rotatable bonds is 5. The molecule has 2 rings (SSSR count). The summed E-state index contributed by atoms with van der Waals surface area (Å²) >= 11 is 0. The molecular weight excluding hydrogens is 300 g/mol. The Hall–Kier alpha value is -1.39. The smallest absolute Gasteiger partial charge is 0.263 e. The van der Waals surface area contributed by atoms with Crippen molar-refractivity contribution in [3.05, 3.63) is 12.5 Å². The van der Waals surface area contributed by atoms with Crippen LogP contribution < -0.4 is 0 Å². The maximum Gasteiger partial charge on any atom is 0.263 e. The Kier molecular flexibility index (Phi) is 5.59. The van der Waals surface area contributed by atoms with Crippen LogP contribution >= 0.6 is 0 Å². The summed E-state index contributed by atoms with van der Waals surface area (Å²) in [5.74, 6) is 0. The van der Waals surface area contributed by atoms with Crippen molar-refractivity contribution in [2.24, 2.45) is 0 Å². The number of sulfonamides is 1. The van der Waals surface area contributed by atoms with Crippen LogP contribution in [0.25, 0.3) is 0 Å². The normalized spacial score (nSPS) is 17.6. The fraction of sp³-hybridized carbons (Fsp3) is 0.733. The van der Waals surface area contributed by atoms with Gasteiger partial charge in [-0.1, -0.05) is 25.7 Å². The van der Waals surface area contributed by atoms with Crippen LogP contribution in [-0.2, 0) is 10.0 Å². The van der Waals surface area contributed by atoms with Crippen molar-refractivity contribution < 1.29 is 8.42 Å². The Bertz CT molecular complexity index is 622. The molecule has 122 valence electrons. The van der Waals surface area contributed by atoms with E-state index in [4.69, 9.17) is 5.26 Å². The van der Waals surface area contributed by atoms with E-state index < -0.39 is 10.0 Å². The van der Waals surface area contributed by atoms with E-state index in [0.717, 1.165) is 38.5 Å². The second-order valence-corrected chi connectivity index (χ2v) is 7.94. The van der Waals surface area contributed by atoms with Crippen LogP contribution in [0.1, 0.15) is 58.4 Å². The lowest BCUT2D eigenvalue weighted by molar-refractivity contribution is 0.315. The quantitative estimate of drug-likeness (QED) is 0.616. The van der Waals surface area contributed by atoms with E-state index >= 15 is 0 Å². The van der Waals surface area contributed by atoms with Crippen molar-refractivity contribution in [1.29, 1.82) is 5.26 Å². The molecule has 1 aromatic rings. The maximum absolute atomic E-state index is 12.9. The number of nitriles is 1. The molecule has 0 N–H and O–H groups in total. The van der Waals surface area contributed by atoms with Crippen molar-refractivity contribution >= 4 is 10.0 Å². The Morgan fingerprint density at radius 1 is 1.36 bits per heavy atom. The fourth-order valence-corrected chi connectivity index (χ4v) is 4.39. The van der Waals surface area contributed by atoms with Crippen molar-refractivity contribution in [2.45, 2.75) is 69.5 Å². The van der Waals surface area contributed by atoms with Gasteiger partial charge in [0.05, 0.1) is 12.4 Å². The molecule has 0 saturated heterocycles. The minimum Gasteiger partial charge on any atom is -0.334 e. The summed E-state index contributed by atoms with van der Waals surface area (Å²) in [7, 11) is -3.71. The zero-order valence-electron chi connectivity index (χ0n) is 13.3. The Morgan fingerprint density at radius 2 is 2.00 bits per heavy atom. The lowest BCUT2D eigenvalue weighted by Gasteiger charge is -2.27. The molecule has 1 aliphatic rings. The zero-order chi connectivity index (χ0) is 16.2. The van der Waals surface area contributed by atoms with Crippen molar-refractivity contribution in [3.8, 4) is 6.07 Å². The minimum absolute atomic E-state index is 0.0423. The summed E-state index contributed by atoms with van der Waals surface area (Å²) < 4.78 is 28.9. The predicted octanol–water partition coefficient (Wildman–Crippen LogP) is 2.70. The monoisotopic (exact) mass is 324 g/mol. The summed E-state index contributed by atoms with van der Waals surface area (Å²) in [6.07, 6.45) is 9.05. The number of hydrogen-bond acceptors (Lipinski definition) is 4. The van der Waals surface area contributed by atoms with Crippen LogP contribution in [0.4, 0.5) is 0 Å². The standard InChI is InChI=1S/C15H24N4O2S/c1-13(2)18-11-15(17-12-18)22(20,21)19(10-9-16)14-7-5-3-4-6-8-14/h11-14H,3-8,10H2,1-2H3. The molecule has 0 unspecified atom stereocenters. The van der Waals surface area contributed by atoms with Gasteiger partial charge >= 0.3 is 0 Å². The van der Waals surface area contributed by atoms with Crippen LogP contribution in [0, 0.1) is 11.3 Å². The first kappa shape index (κ1) is 17.0. The molecule has 6 nitrogen and oxygen atoms in total. The Balaban J connectivity index is 2.30. The largest absolute Gasteiger partial charge is 0.334 e. The molecule has 0 bridgehead atoms. The van der Waals surface area contributed by atoms with Gasteiger partial charge in [0.25, 0.3) is 10.0 Å². The van der Waals surface area contributed by atoms with Gasteiger partial charge < -0.3 is 4.57 Å². The lowest BCUT2D eigenvalue weighted by atomic mass is 10.1. The molecular formula is C15H24N4O2S. The van der Waals surface area contributed by atoms with E-state index in [9.17, 15) is 8.42 Å². The second kappa shape index (κ2) is 7.25. The average molecular weight is 324 g/mol. The van der Waals surface area contributed by atoms with E-state index in [-0.39, 0.29) is 23.7 Å². The number of hydrogen-bond donors (Lipinski definition) is 0. The van der Waals surface area contributed by atoms with Crippen LogP contribution in [0.5, 0.6) is 0 Å². The molecule has 1 aliphatic carbocycles. The van der Waals surface area contributed by atoms with E-state index in [1.807, 2.05) is 19.9 Å². The number of nitrogens with zero attached hydrogens (tertiary/aromatic N) is 4. The maximum atomic E-state index is 12.9. The molecule has 0 aromatic carbocycles. The molecule has 22 heavy (non-hydrogen) atoms. The molecule has 1 saturated carbocycles. The van der Waals surface area contributed by atoms with Gasteiger partial charge in [-0.2, -0.15) is 9.57 Å². The summed E-state index contributed by atoms with van der Waals surface area (Å²) in [6.45, 7) is 3.83. The summed E-state index contributed by atoms with van der Waals surface area (Å²) in [5.41, 5.74) is 0. The highest BCUT2D eigenvalue weighted by atomic mass is 32.2. The molecule has 0 amide bonds. The van der Waals surface area contributed by atoms with Crippen LogP contribution in [-0.4, -0.2) is 34.9 Å². The highest BCUT2D eigenvalue weighted by Crippen LogP contribution is 2.26. The number of imidazole rings is 1. The van der Waals surface area contributed by atoms with Gasteiger partial charge in [-0.25, -0.2) is 13.4 Å². The number of aromatic nitrogens is 2. The van der Waals surface area contributed by atoms with Crippen molar-refractivity contribution in [2.75, 3.05) is 6.54 Å². The first-order valence-corrected chi connectivity index (χ1v) is 9.33. The van der Waals surface area contributed by atoms with E-state index in [1.54, 1.807) is 10.8 Å². The predicted molar refractivity (Wildman–Crippen MR) is 83.6 cm³/mol. The van der Waals surface area contributed by atoms with E-state index in [2.05, 4.69) is 4.98 Å². The molecule has 0 spiro atoms. The van der Waals surface area contributed by atoms with Crippen molar-refractivity contribution in [3.63, 3.8) is 0 Å². The third-order valence-electron chi connectivity index (χ3n) is 4.21. The van der Waals surface area contributed by atoms with Crippen LogP contribution in [0.3, 0.4) is 0 Å². The average Bonchev–Trinajstić information content (AvgIpc) is 2.84. The summed E-state index contributed by atoms with van der Waals surface area (Å²) in [5, 5.41) is 9.10. The van der Waals surface area contributed by atoms with Gasteiger partial charge in [0, 0.05) is 18.3 Å². The molecule has 0 atom stereocenters. The first-order valence-electron chi connectivity index (χ1n) is 7.89. The molecule has 7 heteroatoms. The molecule has 1 fully saturated rings. The topological polar surface area (TPSA) is 79.0 Å². The van der Waals surface area contributed by atoms with E-state index in [1.165, 1.54) is 10.6 Å². The third kappa shape index (κ3) is 3.68. The van der Waals surface area contributed by atoms with Crippen molar-refractivity contribution in [1.82, 2.24) is 13.9 Å². The van der Waals surface area contributed by atoms with Crippen LogP contribution in [0.2, 0.25) is 0 Å². The molecule has 1 aromatic heterocycles. The van der Waals surface area contributed by atoms with Gasteiger partial charge in [-0.3, -0.25) is 0 Å². The summed E-state index contributed by atoms with van der Waals surface area (Å²) in [4.78, 5) is 4.05. The van der Waals surface area contributed by atoms with Gasteiger partial charge in [-0.05, 0) is 26.7 Å². The SMILES string of the molecule is CC(C)n1cnc(S(=O)(=O)N(CC#N)C2CCCCCC2)c1. The summed E-state index contributed by atoms with van der Waals surface area (Å²) in [6, 6.07) is 2.07. The fourth-order valence-electron chi connectivity index (χ4n) is 2.88. The highest BCUT2D eigenvalue weighted by Gasteiger charge is 2.33. The van der Waals surface area contributed by atoms with Gasteiger partial charge in [-0.15, -0.1) is 0 Å².